The number of benzene rings is 1. The van der Waals surface area contributed by atoms with Gasteiger partial charge in [0.1, 0.15) is 0 Å². The Hall–Kier alpha value is -0.940. The lowest BCUT2D eigenvalue weighted by Crippen LogP contribution is -2.50. The number of hydrogen-bond donors (Lipinski definition) is 1. The van der Waals surface area contributed by atoms with Crippen LogP contribution < -0.4 is 5.73 Å². The molecule has 0 amide bonds. The van der Waals surface area contributed by atoms with E-state index < -0.39 is 0 Å². The molecule has 0 radical (unpaired) electrons. The topological polar surface area (TPSA) is 41.7 Å². The molecule has 0 saturated carbocycles. The highest BCUT2D eigenvalue weighted by Gasteiger charge is 2.24. The van der Waals surface area contributed by atoms with E-state index in [2.05, 4.69) is 47.9 Å². The van der Waals surface area contributed by atoms with E-state index >= 15 is 0 Å². The molecule has 0 aliphatic carbocycles. The van der Waals surface area contributed by atoms with Crippen molar-refractivity contribution in [1.82, 2.24) is 9.80 Å². The number of nitrogens with two attached hydrogens (primary N) is 1. The quantitative estimate of drug-likeness (QED) is 0.868. The van der Waals surface area contributed by atoms with Crippen LogP contribution in [0, 0.1) is 0 Å². The van der Waals surface area contributed by atoms with Gasteiger partial charge in [-0.25, -0.2) is 0 Å². The van der Waals surface area contributed by atoms with Gasteiger partial charge in [-0.15, -0.1) is 0 Å². The molecule has 1 fully saturated rings. The Kier molecular flexibility index (Phi) is 6.18. The van der Waals surface area contributed by atoms with Crippen molar-refractivity contribution in [2.75, 3.05) is 39.8 Å². The molecule has 0 aromatic heterocycles. The molecule has 1 saturated heterocycles. The summed E-state index contributed by atoms with van der Waals surface area (Å²) in [4.78, 5) is 5.05. The summed E-state index contributed by atoms with van der Waals surface area (Å²) < 4.78 is 5.16. The van der Waals surface area contributed by atoms with E-state index in [0.717, 1.165) is 26.2 Å². The van der Waals surface area contributed by atoms with Crippen molar-refractivity contribution >= 4 is 0 Å². The fourth-order valence-electron chi connectivity index (χ4n) is 3.06. The molecular formula is C17H29N3O. The molecule has 2 rings (SSSR count). The lowest BCUT2D eigenvalue weighted by atomic mass is 10.0. The van der Waals surface area contributed by atoms with Gasteiger partial charge in [-0.3, -0.25) is 9.80 Å². The predicted octanol–water partition coefficient (Wildman–Crippen LogP) is 1.86. The van der Waals surface area contributed by atoms with Crippen molar-refractivity contribution in [2.24, 2.45) is 5.73 Å². The van der Waals surface area contributed by atoms with Gasteiger partial charge in [0.2, 0.25) is 0 Å². The molecule has 2 N–H and O–H groups in total. The summed E-state index contributed by atoms with van der Waals surface area (Å²) in [5.41, 5.74) is 8.57. The Morgan fingerprint density at radius 1 is 1.05 bits per heavy atom. The molecule has 21 heavy (non-hydrogen) atoms. The molecule has 4 nitrogen and oxygen atoms in total. The third-order valence-corrected chi connectivity index (χ3v) is 4.42. The Balaban J connectivity index is 1.99. The van der Waals surface area contributed by atoms with Gasteiger partial charge >= 0.3 is 0 Å². The molecule has 1 aliphatic heterocycles. The Morgan fingerprint density at radius 3 is 2.10 bits per heavy atom. The number of nitrogens with zero attached hydrogens (tertiary/aromatic N) is 2. The maximum atomic E-state index is 6.05. The Bertz CT molecular complexity index is 411. The van der Waals surface area contributed by atoms with Crippen LogP contribution in [0.4, 0.5) is 0 Å². The molecule has 1 atom stereocenters. The fourth-order valence-corrected chi connectivity index (χ4v) is 3.06. The van der Waals surface area contributed by atoms with Gasteiger partial charge in [0.25, 0.3) is 0 Å². The third-order valence-electron chi connectivity index (χ3n) is 4.42. The van der Waals surface area contributed by atoms with Crippen molar-refractivity contribution in [3.8, 4) is 0 Å². The van der Waals surface area contributed by atoms with Gasteiger partial charge in [0.15, 0.2) is 0 Å². The number of methoxy groups -OCH3 is 1. The van der Waals surface area contributed by atoms with Crippen LogP contribution in [0.1, 0.15) is 31.0 Å². The zero-order chi connectivity index (χ0) is 15.2. The van der Waals surface area contributed by atoms with Gasteiger partial charge in [0, 0.05) is 51.9 Å². The number of piperazine rings is 1. The first-order valence-electron chi connectivity index (χ1n) is 7.91. The van der Waals surface area contributed by atoms with E-state index in [4.69, 9.17) is 10.5 Å². The molecule has 1 aromatic rings. The van der Waals surface area contributed by atoms with Crippen molar-refractivity contribution in [2.45, 2.75) is 32.5 Å². The Morgan fingerprint density at radius 2 is 1.62 bits per heavy atom. The molecule has 4 heteroatoms. The van der Waals surface area contributed by atoms with Crippen LogP contribution in [0.2, 0.25) is 0 Å². The second kappa shape index (κ2) is 7.90. The second-order valence-electron chi connectivity index (χ2n) is 6.09. The van der Waals surface area contributed by atoms with Gasteiger partial charge < -0.3 is 10.5 Å². The SMILES string of the molecule is COCc1ccc(C(CN)N2CCN(C(C)C)CC2)cc1. The van der Waals surface area contributed by atoms with Gasteiger partial charge in [-0.05, 0) is 25.0 Å². The minimum atomic E-state index is 0.330. The summed E-state index contributed by atoms with van der Waals surface area (Å²) in [7, 11) is 1.73. The fraction of sp³-hybridized carbons (Fsp3) is 0.647. The molecule has 0 spiro atoms. The van der Waals surface area contributed by atoms with Crippen LogP contribution >= 0.6 is 0 Å². The van der Waals surface area contributed by atoms with E-state index in [1.807, 2.05) is 0 Å². The number of rotatable bonds is 6. The van der Waals surface area contributed by atoms with Crippen molar-refractivity contribution in [1.29, 1.82) is 0 Å². The molecule has 1 aromatic carbocycles. The van der Waals surface area contributed by atoms with E-state index in [1.54, 1.807) is 7.11 Å². The average molecular weight is 291 g/mol. The van der Waals surface area contributed by atoms with Crippen molar-refractivity contribution in [3.05, 3.63) is 35.4 Å². The summed E-state index contributed by atoms with van der Waals surface area (Å²) in [6.45, 7) is 10.3. The first-order chi connectivity index (χ1) is 10.2. The molecule has 1 aliphatic rings. The lowest BCUT2D eigenvalue weighted by molar-refractivity contribution is 0.0802. The van der Waals surface area contributed by atoms with E-state index in [1.165, 1.54) is 11.1 Å². The predicted molar refractivity (Wildman–Crippen MR) is 87.2 cm³/mol. The van der Waals surface area contributed by atoms with E-state index in [0.29, 0.717) is 25.2 Å². The van der Waals surface area contributed by atoms with E-state index in [-0.39, 0.29) is 0 Å². The maximum Gasteiger partial charge on any atom is 0.0713 e. The average Bonchev–Trinajstić information content (AvgIpc) is 2.50. The lowest BCUT2D eigenvalue weighted by Gasteiger charge is -2.40. The van der Waals surface area contributed by atoms with Crippen LogP contribution in [0.5, 0.6) is 0 Å². The van der Waals surface area contributed by atoms with Crippen LogP contribution in [0.3, 0.4) is 0 Å². The molecule has 1 heterocycles. The summed E-state index contributed by atoms with van der Waals surface area (Å²) in [6, 6.07) is 9.65. The van der Waals surface area contributed by atoms with Gasteiger partial charge in [0.05, 0.1) is 6.61 Å². The minimum Gasteiger partial charge on any atom is -0.380 e. The van der Waals surface area contributed by atoms with E-state index in [9.17, 15) is 0 Å². The zero-order valence-electron chi connectivity index (χ0n) is 13.6. The molecular weight excluding hydrogens is 262 g/mol. The normalized spacial score (nSPS) is 19.1. The van der Waals surface area contributed by atoms with Crippen LogP contribution in [-0.4, -0.2) is 55.7 Å². The Labute approximate surface area is 128 Å². The maximum absolute atomic E-state index is 6.05. The number of hydrogen-bond acceptors (Lipinski definition) is 4. The third kappa shape index (κ3) is 4.27. The number of ether oxygens (including phenoxy) is 1. The monoisotopic (exact) mass is 291 g/mol. The molecule has 1 unspecified atom stereocenters. The second-order valence-corrected chi connectivity index (χ2v) is 6.09. The highest BCUT2D eigenvalue weighted by molar-refractivity contribution is 5.25. The van der Waals surface area contributed by atoms with Crippen molar-refractivity contribution < 1.29 is 4.74 Å². The zero-order valence-corrected chi connectivity index (χ0v) is 13.6. The molecule has 0 bridgehead atoms. The van der Waals surface area contributed by atoms with Crippen LogP contribution in [0.15, 0.2) is 24.3 Å². The molecule has 118 valence electrons. The minimum absolute atomic E-state index is 0.330. The highest BCUT2D eigenvalue weighted by atomic mass is 16.5. The first kappa shape index (κ1) is 16.4. The van der Waals surface area contributed by atoms with Gasteiger partial charge in [-0.1, -0.05) is 24.3 Å². The van der Waals surface area contributed by atoms with Crippen LogP contribution in [0.25, 0.3) is 0 Å². The van der Waals surface area contributed by atoms with Crippen LogP contribution in [-0.2, 0) is 11.3 Å². The summed E-state index contributed by atoms with van der Waals surface area (Å²) >= 11 is 0. The van der Waals surface area contributed by atoms with Crippen molar-refractivity contribution in [3.63, 3.8) is 0 Å². The summed E-state index contributed by atoms with van der Waals surface area (Å²) in [5.74, 6) is 0. The summed E-state index contributed by atoms with van der Waals surface area (Å²) in [5, 5.41) is 0. The first-order valence-corrected chi connectivity index (χ1v) is 7.91. The smallest absolute Gasteiger partial charge is 0.0713 e. The largest absolute Gasteiger partial charge is 0.380 e. The summed E-state index contributed by atoms with van der Waals surface area (Å²) in [6.07, 6.45) is 0. The standard InChI is InChI=1S/C17H29N3O/c1-14(2)19-8-10-20(11-9-19)17(12-18)16-6-4-15(5-7-16)13-21-3/h4-7,14,17H,8-13,18H2,1-3H3. The van der Waals surface area contributed by atoms with Gasteiger partial charge in [-0.2, -0.15) is 0 Å². The highest BCUT2D eigenvalue weighted by Crippen LogP contribution is 2.22.